The van der Waals surface area contributed by atoms with Gasteiger partial charge in [0.15, 0.2) is 34.5 Å². The molecule has 0 atom stereocenters. The smallest absolute Gasteiger partial charge is 0.344 e. The van der Waals surface area contributed by atoms with E-state index in [-0.39, 0.29) is 117 Å². The van der Waals surface area contributed by atoms with E-state index in [0.717, 1.165) is 0 Å². The van der Waals surface area contributed by atoms with Gasteiger partial charge in [-0.2, -0.15) is 0 Å². The maximum Gasteiger partial charge on any atom is 0.344 e. The second-order valence-corrected chi connectivity index (χ2v) is 24.4. The molecule has 0 aliphatic carbocycles. The van der Waals surface area contributed by atoms with Crippen molar-refractivity contribution >= 4 is 65.8 Å². The summed E-state index contributed by atoms with van der Waals surface area (Å²) >= 11 is 0. The van der Waals surface area contributed by atoms with Crippen LogP contribution in [0.15, 0.2) is 255 Å². The Morgan fingerprint density at radius 1 is 0.259 bits per heavy atom. The van der Waals surface area contributed by atoms with Gasteiger partial charge in [-0.15, -0.1) is 15.0 Å². The first kappa shape index (κ1) is 67.3. The Morgan fingerprint density at radius 3 is 0.630 bits per heavy atom. The van der Waals surface area contributed by atoms with Crippen LogP contribution < -0.4 is 62.2 Å². The lowest BCUT2D eigenvalue weighted by Crippen LogP contribution is -2.21. The van der Waals surface area contributed by atoms with Crippen molar-refractivity contribution in [1.82, 2.24) is 15.0 Å². The molecular formula is C81H51N3O24. The Hall–Kier alpha value is -15.2. The molecular weight excluding hydrogens is 1400 g/mol. The van der Waals surface area contributed by atoms with Crippen molar-refractivity contribution in [2.24, 2.45) is 0 Å². The molecule has 0 aliphatic rings. The number of hydrogen-bond acceptors (Lipinski definition) is 27. The van der Waals surface area contributed by atoms with Gasteiger partial charge in [0, 0.05) is 0 Å². The average Bonchev–Trinajstić information content (AvgIpc) is 0.751. The molecule has 534 valence electrons. The van der Waals surface area contributed by atoms with Crippen molar-refractivity contribution in [3.63, 3.8) is 0 Å². The predicted octanol–water partition coefficient (Wildman–Crippen LogP) is 13.7. The third-order valence-electron chi connectivity index (χ3n) is 18.4. The highest BCUT2D eigenvalue weighted by Gasteiger charge is 2.38. The first-order valence-corrected chi connectivity index (χ1v) is 32.7. The summed E-state index contributed by atoms with van der Waals surface area (Å²) in [6.07, 6.45) is 0. The van der Waals surface area contributed by atoms with Crippen molar-refractivity contribution in [3.8, 4) is 87.0 Å². The summed E-state index contributed by atoms with van der Waals surface area (Å²) in [5, 5.41) is 72.6. The second kappa shape index (κ2) is 26.9. The fourth-order valence-corrected chi connectivity index (χ4v) is 13.4. The summed E-state index contributed by atoms with van der Waals surface area (Å²) in [5.74, 6) is -9.39. The SMILES string of the molecule is COc1cc(C(c2c(O)c3ccccc3oc2=O)c2c(O)c3ccccc3oc2=O)ccc1Oc1nc(Oc2ccc(C(c3c(O)c4ccccc4oc3=O)c3c(O)c4ccccc4oc3=O)cc2OC)nc(Oc2ccc(C(c3c(O)c4ccccc4oc3=O)c3c(O)c4ccccc4oc3=O)cc2OC)n1. The van der Waals surface area contributed by atoms with Gasteiger partial charge in [0.1, 0.15) is 68.0 Å². The molecule has 0 radical (unpaired) electrons. The quantitative estimate of drug-likeness (QED) is 0.0435. The van der Waals surface area contributed by atoms with Gasteiger partial charge in [-0.05, 0) is 126 Å². The number of methoxy groups -OCH3 is 3. The molecule has 0 spiro atoms. The van der Waals surface area contributed by atoms with Crippen molar-refractivity contribution in [1.29, 1.82) is 0 Å². The van der Waals surface area contributed by atoms with E-state index in [1.807, 2.05) is 0 Å². The largest absolute Gasteiger partial charge is 0.507 e. The minimum Gasteiger partial charge on any atom is -0.507 e. The molecule has 9 aromatic carbocycles. The average molecular weight is 1450 g/mol. The van der Waals surface area contributed by atoms with Gasteiger partial charge in [0.25, 0.3) is 0 Å². The lowest BCUT2D eigenvalue weighted by atomic mass is 9.84. The predicted molar refractivity (Wildman–Crippen MR) is 387 cm³/mol. The van der Waals surface area contributed by atoms with Crippen LogP contribution in [0.2, 0.25) is 0 Å². The highest BCUT2D eigenvalue weighted by molar-refractivity contribution is 5.90. The van der Waals surface area contributed by atoms with Gasteiger partial charge in [0.05, 0.1) is 105 Å². The van der Waals surface area contributed by atoms with Crippen LogP contribution in [-0.4, -0.2) is 66.9 Å². The molecule has 6 N–H and O–H groups in total. The monoisotopic (exact) mass is 1450 g/mol. The van der Waals surface area contributed by atoms with Crippen LogP contribution >= 0.6 is 0 Å². The van der Waals surface area contributed by atoms with E-state index in [4.69, 9.17) is 54.9 Å². The molecule has 0 bridgehead atoms. The molecule has 0 fully saturated rings. The van der Waals surface area contributed by atoms with Crippen molar-refractivity contribution in [2.75, 3.05) is 21.3 Å². The zero-order chi connectivity index (χ0) is 74.9. The van der Waals surface area contributed by atoms with Gasteiger partial charge in [0.2, 0.25) is 0 Å². The first-order chi connectivity index (χ1) is 52.4. The number of aromatic hydroxyl groups is 6. The van der Waals surface area contributed by atoms with Crippen LogP contribution in [0.1, 0.15) is 67.8 Å². The molecule has 16 aromatic rings. The van der Waals surface area contributed by atoms with Crippen LogP contribution in [-0.2, 0) is 0 Å². The van der Waals surface area contributed by atoms with Gasteiger partial charge >= 0.3 is 51.8 Å². The minimum absolute atomic E-state index is 0.0145. The van der Waals surface area contributed by atoms with Crippen molar-refractivity contribution in [2.45, 2.75) is 17.8 Å². The molecule has 0 saturated heterocycles. The molecule has 27 heteroatoms. The summed E-state index contributed by atoms with van der Waals surface area (Å²) in [6, 6.07) is 47.1. The Bertz CT molecular complexity index is 5840. The molecule has 27 nitrogen and oxygen atoms in total. The number of nitrogens with zero attached hydrogens (tertiary/aromatic N) is 3. The zero-order valence-corrected chi connectivity index (χ0v) is 56.2. The maximum atomic E-state index is 14.2. The normalized spacial score (nSPS) is 11.6. The number of aromatic nitrogens is 3. The minimum atomic E-state index is -1.64. The third-order valence-corrected chi connectivity index (χ3v) is 18.4. The van der Waals surface area contributed by atoms with E-state index in [2.05, 4.69) is 15.0 Å². The van der Waals surface area contributed by atoms with Gasteiger partial charge in [-0.1, -0.05) is 91.0 Å². The number of rotatable bonds is 18. The highest BCUT2D eigenvalue weighted by atomic mass is 16.6. The zero-order valence-electron chi connectivity index (χ0n) is 56.2. The van der Waals surface area contributed by atoms with Crippen molar-refractivity contribution < 1.29 is 85.6 Å². The van der Waals surface area contributed by atoms with E-state index in [1.54, 1.807) is 72.8 Å². The molecule has 7 aromatic heterocycles. The molecule has 108 heavy (non-hydrogen) atoms. The maximum absolute atomic E-state index is 14.2. The molecule has 7 heterocycles. The van der Waals surface area contributed by atoms with E-state index in [9.17, 15) is 59.4 Å². The van der Waals surface area contributed by atoms with Crippen LogP contribution in [0.25, 0.3) is 65.8 Å². The van der Waals surface area contributed by atoms with E-state index < -0.39 is 137 Å². The highest BCUT2D eigenvalue weighted by Crippen LogP contribution is 2.49. The number of hydrogen-bond donors (Lipinski definition) is 6. The Labute approximate surface area is 602 Å². The summed E-state index contributed by atoms with van der Waals surface area (Å²) in [4.78, 5) is 98.8. The van der Waals surface area contributed by atoms with Crippen LogP contribution in [0.3, 0.4) is 0 Å². The first-order valence-electron chi connectivity index (χ1n) is 32.7. The second-order valence-electron chi connectivity index (χ2n) is 24.4. The summed E-state index contributed by atoms with van der Waals surface area (Å²) in [5.41, 5.74) is -9.06. The molecule has 16 rings (SSSR count). The molecule has 0 saturated carbocycles. The van der Waals surface area contributed by atoms with E-state index in [0.29, 0.717) is 0 Å². The lowest BCUT2D eigenvalue weighted by Gasteiger charge is -2.21. The van der Waals surface area contributed by atoms with E-state index >= 15 is 0 Å². The van der Waals surface area contributed by atoms with Crippen LogP contribution in [0.4, 0.5) is 0 Å². The van der Waals surface area contributed by atoms with Gasteiger partial charge < -0.3 is 85.6 Å². The molecule has 0 aliphatic heterocycles. The van der Waals surface area contributed by atoms with Gasteiger partial charge in [-0.25, -0.2) is 28.8 Å². The fraction of sp³-hybridized carbons (Fsp3) is 0.0741. The number of fused-ring (bicyclic) bond motifs is 6. The lowest BCUT2D eigenvalue weighted by molar-refractivity contribution is 0.327. The van der Waals surface area contributed by atoms with E-state index in [1.165, 1.54) is 149 Å². The number of ether oxygens (including phenoxy) is 6. The third kappa shape index (κ3) is 11.6. The summed E-state index contributed by atoms with van der Waals surface area (Å²) in [6.45, 7) is 0. The molecule has 0 amide bonds. The number of benzene rings is 9. The molecule has 0 unspecified atom stereocenters. The standard InChI is InChI=1S/C81H51N3O24/c1-97-55-34-37(58(61-67(85)40-16-4-10-22-46(40)100-73(61)91)62-68(86)41-17-5-11-23-47(41)101-74(62)92)28-31-52(55)106-79-82-80(107-53-32-29-38(35-56(53)98-2)59(63-69(87)42-18-6-12-24-48(42)102-75(63)93)64-70(88)43-19-7-13-25-49(43)103-76(64)94)84-81(83-79)108-54-33-30-39(36-57(54)99-3)60(65-71(89)44-20-8-14-26-50(44)104-77(65)95)66-72(90)45-21-9-15-27-51(45)105-78(66)96/h4-36,58-60,85-90H,1-3H3. The number of para-hydroxylation sites is 6. The van der Waals surface area contributed by atoms with Crippen LogP contribution in [0.5, 0.6) is 87.0 Å². The Kier molecular flexibility index (Phi) is 16.8. The topological polar surface area (TPSA) is 397 Å². The summed E-state index contributed by atoms with van der Waals surface area (Å²) in [7, 11) is 3.77. The summed E-state index contributed by atoms with van der Waals surface area (Å²) < 4.78 is 71.2. The van der Waals surface area contributed by atoms with Crippen LogP contribution in [0, 0.1) is 0 Å². The Balaban J connectivity index is 0.838. The fourth-order valence-electron chi connectivity index (χ4n) is 13.4. The van der Waals surface area contributed by atoms with Gasteiger partial charge in [-0.3, -0.25) is 0 Å². The van der Waals surface area contributed by atoms with Crippen molar-refractivity contribution in [3.05, 3.63) is 313 Å². The Morgan fingerprint density at radius 2 is 0.444 bits per heavy atom.